The molecule has 0 spiro atoms. The molecule has 33 heavy (non-hydrogen) atoms. The van der Waals surface area contributed by atoms with E-state index in [1.165, 1.54) is 36.7 Å². The van der Waals surface area contributed by atoms with Crippen molar-refractivity contribution in [1.82, 2.24) is 4.98 Å². The Hall–Kier alpha value is -3.17. The van der Waals surface area contributed by atoms with Crippen LogP contribution in [-0.2, 0) is 6.42 Å². The highest BCUT2D eigenvalue weighted by atomic mass is 32.1. The van der Waals surface area contributed by atoms with Gasteiger partial charge in [0.15, 0.2) is 0 Å². The molecular formula is C30H27NOS. The zero-order chi connectivity index (χ0) is 22.7. The fourth-order valence-corrected chi connectivity index (χ4v) is 6.53. The summed E-state index contributed by atoms with van der Waals surface area (Å²) in [6.45, 7) is 9.07. The molecule has 3 aromatic heterocycles. The number of aromatic nitrogens is 1. The lowest BCUT2D eigenvalue weighted by Crippen LogP contribution is -1.92. The molecule has 0 bridgehead atoms. The first-order valence-electron chi connectivity index (χ1n) is 11.8. The Morgan fingerprint density at radius 1 is 0.848 bits per heavy atom. The van der Waals surface area contributed by atoms with Gasteiger partial charge in [0.2, 0.25) is 0 Å². The Balaban J connectivity index is 1.60. The number of hydrogen-bond acceptors (Lipinski definition) is 3. The van der Waals surface area contributed by atoms with Crippen LogP contribution in [0.15, 0.2) is 71.3 Å². The first kappa shape index (κ1) is 20.4. The summed E-state index contributed by atoms with van der Waals surface area (Å²) in [5.74, 6) is 1.97. The maximum atomic E-state index is 6.41. The molecule has 0 aliphatic carbocycles. The minimum absolute atomic E-state index is 0.431. The lowest BCUT2D eigenvalue weighted by molar-refractivity contribution is 0.626. The summed E-state index contributed by atoms with van der Waals surface area (Å²) in [6.07, 6.45) is 2.98. The van der Waals surface area contributed by atoms with Gasteiger partial charge in [0.25, 0.3) is 0 Å². The van der Waals surface area contributed by atoms with Crippen LogP contribution in [-0.4, -0.2) is 4.98 Å². The van der Waals surface area contributed by atoms with Gasteiger partial charge in [-0.05, 0) is 64.4 Å². The summed E-state index contributed by atoms with van der Waals surface area (Å²) in [4.78, 5) is 4.83. The highest BCUT2D eigenvalue weighted by Crippen LogP contribution is 2.45. The number of pyridine rings is 1. The van der Waals surface area contributed by atoms with Crippen molar-refractivity contribution in [2.45, 2.75) is 40.0 Å². The molecule has 0 aliphatic heterocycles. The van der Waals surface area contributed by atoms with E-state index in [1.807, 2.05) is 17.5 Å². The van der Waals surface area contributed by atoms with E-state index in [0.29, 0.717) is 11.8 Å². The van der Waals surface area contributed by atoms with Crippen molar-refractivity contribution in [2.75, 3.05) is 0 Å². The molecule has 0 amide bonds. The Bertz CT molecular complexity index is 1650. The predicted molar refractivity (Wildman–Crippen MR) is 142 cm³/mol. The molecule has 3 heterocycles. The second-order valence-electron chi connectivity index (χ2n) is 9.76. The molecule has 3 aromatic carbocycles. The molecule has 0 atom stereocenters. The van der Waals surface area contributed by atoms with Gasteiger partial charge in [-0.3, -0.25) is 4.98 Å². The Labute approximate surface area is 197 Å². The van der Waals surface area contributed by atoms with Gasteiger partial charge in [-0.1, -0.05) is 64.1 Å². The lowest BCUT2D eigenvalue weighted by Gasteiger charge is -2.11. The molecule has 0 unspecified atom stereocenters. The van der Waals surface area contributed by atoms with E-state index in [9.17, 15) is 0 Å². The molecule has 0 aliphatic rings. The fraction of sp³-hybridized carbons (Fsp3) is 0.233. The number of benzene rings is 3. The van der Waals surface area contributed by atoms with Crippen LogP contribution in [0.2, 0.25) is 0 Å². The molecule has 2 nitrogen and oxygen atoms in total. The highest BCUT2D eigenvalue weighted by Gasteiger charge is 2.19. The SMILES string of the molecule is CC(C)Cc1ccc2cc(-c3ccnc4c3sc3c(C(C)C)c5ccccc5cc34)oc2c1. The van der Waals surface area contributed by atoms with Gasteiger partial charge in [0, 0.05) is 27.2 Å². The summed E-state index contributed by atoms with van der Waals surface area (Å²) in [5.41, 5.74) is 5.90. The monoisotopic (exact) mass is 449 g/mol. The maximum absolute atomic E-state index is 6.41. The van der Waals surface area contributed by atoms with Crippen LogP contribution in [0.4, 0.5) is 0 Å². The van der Waals surface area contributed by atoms with Crippen molar-refractivity contribution in [1.29, 1.82) is 0 Å². The molecule has 0 N–H and O–H groups in total. The number of nitrogens with zero attached hydrogens (tertiary/aromatic N) is 1. The Morgan fingerprint density at radius 2 is 1.70 bits per heavy atom. The minimum atomic E-state index is 0.431. The topological polar surface area (TPSA) is 26.0 Å². The third-order valence-electron chi connectivity index (χ3n) is 6.48. The summed E-state index contributed by atoms with van der Waals surface area (Å²) >= 11 is 1.85. The molecule has 0 saturated carbocycles. The molecule has 6 rings (SSSR count). The largest absolute Gasteiger partial charge is 0.456 e. The minimum Gasteiger partial charge on any atom is -0.456 e. The Morgan fingerprint density at radius 3 is 2.52 bits per heavy atom. The van der Waals surface area contributed by atoms with Crippen LogP contribution in [0.3, 0.4) is 0 Å². The second kappa shape index (κ2) is 7.71. The lowest BCUT2D eigenvalue weighted by atomic mass is 9.94. The average Bonchev–Trinajstić information content (AvgIpc) is 3.37. The van der Waals surface area contributed by atoms with Gasteiger partial charge in [-0.15, -0.1) is 11.3 Å². The van der Waals surface area contributed by atoms with Gasteiger partial charge in [0.05, 0.1) is 10.2 Å². The summed E-state index contributed by atoms with van der Waals surface area (Å²) < 4.78 is 8.96. The van der Waals surface area contributed by atoms with Gasteiger partial charge in [0.1, 0.15) is 11.3 Å². The maximum Gasteiger partial charge on any atom is 0.136 e. The quantitative estimate of drug-likeness (QED) is 0.268. The molecule has 6 aromatic rings. The zero-order valence-corrected chi connectivity index (χ0v) is 20.3. The van der Waals surface area contributed by atoms with Gasteiger partial charge >= 0.3 is 0 Å². The number of hydrogen-bond donors (Lipinski definition) is 0. The van der Waals surface area contributed by atoms with Crippen molar-refractivity contribution in [3.05, 3.63) is 78.0 Å². The molecule has 164 valence electrons. The number of rotatable bonds is 4. The van der Waals surface area contributed by atoms with E-state index >= 15 is 0 Å². The molecular weight excluding hydrogens is 422 g/mol. The van der Waals surface area contributed by atoms with Crippen LogP contribution in [0.1, 0.15) is 44.7 Å². The molecule has 3 heteroatoms. The summed E-state index contributed by atoms with van der Waals surface area (Å²) in [6, 6.07) is 21.9. The predicted octanol–water partition coefficient (Wildman–Crippen LogP) is 9.34. The fourth-order valence-electron chi connectivity index (χ4n) is 5.06. The van der Waals surface area contributed by atoms with E-state index in [1.54, 1.807) is 0 Å². The normalized spacial score (nSPS) is 12.3. The van der Waals surface area contributed by atoms with Gasteiger partial charge in [-0.2, -0.15) is 0 Å². The van der Waals surface area contributed by atoms with E-state index in [-0.39, 0.29) is 0 Å². The van der Waals surface area contributed by atoms with Crippen LogP contribution in [0.25, 0.3) is 53.4 Å². The Kier molecular flexibility index (Phi) is 4.77. The smallest absolute Gasteiger partial charge is 0.136 e. The number of furan rings is 1. The first-order chi connectivity index (χ1) is 16.0. The molecule has 0 saturated heterocycles. The van der Waals surface area contributed by atoms with Crippen molar-refractivity contribution >= 4 is 53.4 Å². The van der Waals surface area contributed by atoms with Crippen LogP contribution in [0, 0.1) is 5.92 Å². The summed E-state index contributed by atoms with van der Waals surface area (Å²) in [5, 5.41) is 5.02. The first-order valence-corrected chi connectivity index (χ1v) is 12.6. The zero-order valence-electron chi connectivity index (χ0n) is 19.5. The number of thiophene rings is 1. The van der Waals surface area contributed by atoms with E-state index < -0.39 is 0 Å². The highest BCUT2D eigenvalue weighted by molar-refractivity contribution is 7.26. The molecule has 0 fully saturated rings. The summed E-state index contributed by atoms with van der Waals surface area (Å²) in [7, 11) is 0. The van der Waals surface area contributed by atoms with E-state index in [2.05, 4.69) is 88.4 Å². The second-order valence-corrected chi connectivity index (χ2v) is 10.8. The van der Waals surface area contributed by atoms with Crippen molar-refractivity contribution in [2.24, 2.45) is 5.92 Å². The van der Waals surface area contributed by atoms with Crippen molar-refractivity contribution < 1.29 is 4.42 Å². The van der Waals surface area contributed by atoms with Gasteiger partial charge < -0.3 is 4.42 Å². The van der Waals surface area contributed by atoms with Crippen molar-refractivity contribution in [3.63, 3.8) is 0 Å². The third-order valence-corrected chi connectivity index (χ3v) is 7.74. The average molecular weight is 450 g/mol. The molecule has 0 radical (unpaired) electrons. The van der Waals surface area contributed by atoms with Crippen LogP contribution >= 0.6 is 11.3 Å². The van der Waals surface area contributed by atoms with Crippen molar-refractivity contribution in [3.8, 4) is 11.3 Å². The third kappa shape index (κ3) is 3.34. The van der Waals surface area contributed by atoms with Crippen LogP contribution in [0.5, 0.6) is 0 Å². The standard InChI is InChI=1S/C30H27NOS/c1-17(2)13-19-9-10-21-16-26(32-25(21)14-19)23-11-12-31-28-24-15-20-7-5-6-8-22(20)27(18(3)4)29(24)33-30(23)28/h5-12,14-18H,13H2,1-4H3. The van der Waals surface area contributed by atoms with Gasteiger partial charge in [-0.25, -0.2) is 0 Å². The number of fused-ring (bicyclic) bond motifs is 5. The van der Waals surface area contributed by atoms with E-state index in [0.717, 1.165) is 34.2 Å². The van der Waals surface area contributed by atoms with Crippen LogP contribution < -0.4 is 0 Å². The van der Waals surface area contributed by atoms with E-state index in [4.69, 9.17) is 9.40 Å².